The van der Waals surface area contributed by atoms with Gasteiger partial charge in [-0.3, -0.25) is 4.90 Å². The molecule has 0 bridgehead atoms. The van der Waals surface area contributed by atoms with Gasteiger partial charge in [0.1, 0.15) is 11.5 Å². The molecule has 200 valence electrons. The fourth-order valence-corrected chi connectivity index (χ4v) is 5.16. The van der Waals surface area contributed by atoms with Crippen molar-refractivity contribution in [2.75, 3.05) is 19.7 Å². The highest BCUT2D eigenvalue weighted by molar-refractivity contribution is 5.44. The summed E-state index contributed by atoms with van der Waals surface area (Å²) in [7, 11) is 0. The van der Waals surface area contributed by atoms with Crippen LogP contribution in [0.25, 0.3) is 0 Å². The van der Waals surface area contributed by atoms with Gasteiger partial charge in [0.2, 0.25) is 0 Å². The summed E-state index contributed by atoms with van der Waals surface area (Å²) < 4.78 is 5.93. The molecule has 3 aromatic carbocycles. The molecule has 1 atom stereocenters. The summed E-state index contributed by atoms with van der Waals surface area (Å²) in [5.74, 6) is 1.46. The van der Waals surface area contributed by atoms with E-state index in [-0.39, 0.29) is 5.92 Å². The molecule has 0 aromatic heterocycles. The Kier molecular flexibility index (Phi) is 11.5. The Morgan fingerprint density at radius 2 is 1.49 bits per heavy atom. The Balaban J connectivity index is 1.62. The molecule has 4 heteroatoms. The van der Waals surface area contributed by atoms with Crippen molar-refractivity contribution in [2.45, 2.75) is 77.8 Å². The number of hydrogen-bond donors (Lipinski definition) is 2. The van der Waals surface area contributed by atoms with E-state index < -0.39 is 0 Å². The zero-order chi connectivity index (χ0) is 26.6. The minimum Gasteiger partial charge on any atom is -0.508 e. The Hall–Kier alpha value is -2.82. The van der Waals surface area contributed by atoms with Crippen molar-refractivity contribution >= 4 is 0 Å². The normalized spacial score (nSPS) is 12.4. The van der Waals surface area contributed by atoms with Crippen LogP contribution in [-0.4, -0.2) is 41.8 Å². The first-order valence-electron chi connectivity index (χ1n) is 13.9. The van der Waals surface area contributed by atoms with Gasteiger partial charge in [0.15, 0.2) is 0 Å². The van der Waals surface area contributed by atoms with E-state index in [2.05, 4.69) is 87.2 Å². The Bertz CT molecular complexity index is 1040. The number of nitrogens with zero attached hydrogens (tertiary/aromatic N) is 1. The molecule has 3 N–H and O–H groups in total. The molecule has 1 unspecified atom stereocenters. The van der Waals surface area contributed by atoms with Crippen LogP contribution in [0.4, 0.5) is 0 Å². The summed E-state index contributed by atoms with van der Waals surface area (Å²) in [4.78, 5) is 2.53. The first kappa shape index (κ1) is 28.7. The van der Waals surface area contributed by atoms with Crippen LogP contribution in [0, 0.1) is 0 Å². The Morgan fingerprint density at radius 1 is 0.811 bits per heavy atom. The molecule has 0 amide bonds. The van der Waals surface area contributed by atoms with E-state index in [0.717, 1.165) is 50.0 Å². The van der Waals surface area contributed by atoms with Crippen LogP contribution in [0.3, 0.4) is 0 Å². The smallest absolute Gasteiger partial charge is 0.119 e. The molecule has 4 nitrogen and oxygen atoms in total. The number of phenolic OH excluding ortho intramolecular Hbond substituents is 1. The monoisotopic (exact) mass is 502 g/mol. The third-order valence-corrected chi connectivity index (χ3v) is 7.16. The summed E-state index contributed by atoms with van der Waals surface area (Å²) in [6.07, 6.45) is 4.86. The van der Waals surface area contributed by atoms with Crippen molar-refractivity contribution in [3.8, 4) is 11.5 Å². The third kappa shape index (κ3) is 8.91. The Labute approximate surface area is 224 Å². The molecule has 37 heavy (non-hydrogen) atoms. The number of rotatable bonds is 15. The van der Waals surface area contributed by atoms with Gasteiger partial charge in [-0.25, -0.2) is 0 Å². The molecule has 0 aliphatic heterocycles. The van der Waals surface area contributed by atoms with Gasteiger partial charge in [-0.1, -0.05) is 54.6 Å². The van der Waals surface area contributed by atoms with Crippen molar-refractivity contribution in [3.05, 3.63) is 95.1 Å². The van der Waals surface area contributed by atoms with Crippen LogP contribution in [0.1, 0.15) is 75.1 Å². The second-order valence-corrected chi connectivity index (χ2v) is 10.6. The van der Waals surface area contributed by atoms with E-state index in [1.807, 2.05) is 18.2 Å². The average molecular weight is 503 g/mol. The lowest BCUT2D eigenvalue weighted by Crippen LogP contribution is -2.38. The van der Waals surface area contributed by atoms with Crippen LogP contribution in [0.15, 0.2) is 72.8 Å². The number of nitrogens with two attached hydrogens (primary N) is 1. The highest BCUT2D eigenvalue weighted by Crippen LogP contribution is 2.35. The maximum absolute atomic E-state index is 10.9. The number of ether oxygens (including phenoxy) is 1. The van der Waals surface area contributed by atoms with Gasteiger partial charge in [0, 0.05) is 23.6 Å². The molecular formula is C33H46N2O2. The number of phenols is 1. The molecule has 0 radical (unpaired) electrons. The molecule has 0 spiro atoms. The minimum atomic E-state index is 0.159. The first-order valence-corrected chi connectivity index (χ1v) is 13.9. The van der Waals surface area contributed by atoms with Gasteiger partial charge in [-0.2, -0.15) is 0 Å². The highest BCUT2D eigenvalue weighted by Gasteiger charge is 2.21. The van der Waals surface area contributed by atoms with Crippen LogP contribution >= 0.6 is 0 Å². The van der Waals surface area contributed by atoms with Gasteiger partial charge in [-0.15, -0.1) is 0 Å². The maximum atomic E-state index is 10.9. The lowest BCUT2D eigenvalue weighted by atomic mass is 9.86. The molecule has 0 aliphatic carbocycles. The summed E-state index contributed by atoms with van der Waals surface area (Å²) in [6.45, 7) is 11.4. The number of benzene rings is 3. The molecule has 0 fully saturated rings. The lowest BCUT2D eigenvalue weighted by Gasteiger charge is -2.32. The van der Waals surface area contributed by atoms with Crippen LogP contribution in [0.5, 0.6) is 11.5 Å². The fourth-order valence-electron chi connectivity index (χ4n) is 5.16. The van der Waals surface area contributed by atoms with E-state index in [0.29, 0.717) is 31.0 Å². The highest BCUT2D eigenvalue weighted by atomic mass is 16.5. The average Bonchev–Trinajstić information content (AvgIpc) is 2.89. The number of unbranched alkanes of at least 4 members (excludes halogenated alkanes) is 1. The van der Waals surface area contributed by atoms with E-state index in [1.54, 1.807) is 0 Å². The summed E-state index contributed by atoms with van der Waals surface area (Å²) in [5.41, 5.74) is 10.4. The van der Waals surface area contributed by atoms with Gasteiger partial charge in [-0.05, 0) is 108 Å². The van der Waals surface area contributed by atoms with Crippen molar-refractivity contribution < 1.29 is 9.84 Å². The molecule has 3 aromatic rings. The maximum Gasteiger partial charge on any atom is 0.119 e. The number of aryl methyl sites for hydroxylation is 1. The molecule has 0 saturated carbocycles. The number of aromatic hydroxyl groups is 1. The molecule has 3 rings (SSSR count). The zero-order valence-corrected chi connectivity index (χ0v) is 23.2. The first-order chi connectivity index (χ1) is 17.9. The van der Waals surface area contributed by atoms with E-state index in [4.69, 9.17) is 10.5 Å². The van der Waals surface area contributed by atoms with Crippen molar-refractivity contribution in [3.63, 3.8) is 0 Å². The third-order valence-electron chi connectivity index (χ3n) is 7.16. The van der Waals surface area contributed by atoms with Gasteiger partial charge >= 0.3 is 0 Å². The molecule has 0 saturated heterocycles. The molecule has 0 heterocycles. The Morgan fingerprint density at radius 3 is 2.14 bits per heavy atom. The van der Waals surface area contributed by atoms with E-state index in [1.165, 1.54) is 16.7 Å². The standard InChI is InChI=1S/C33H46N2O2/c1-25(2)35(26(3)4)22-20-31(29-11-6-5-7-12-29)32-24-28(15-18-33(32)36)10-8-9-23-37-30-16-13-27(14-17-30)19-21-34/h5-7,11-18,24-26,31,36H,8-10,19-23,34H2,1-4H3. The van der Waals surface area contributed by atoms with Crippen LogP contribution in [0.2, 0.25) is 0 Å². The SMILES string of the molecule is CC(C)N(CCC(c1ccccc1)c1cc(CCCCOc2ccc(CCN)cc2)ccc1O)C(C)C. The van der Waals surface area contributed by atoms with Gasteiger partial charge in [0.25, 0.3) is 0 Å². The van der Waals surface area contributed by atoms with Crippen molar-refractivity contribution in [1.29, 1.82) is 0 Å². The van der Waals surface area contributed by atoms with Gasteiger partial charge in [0.05, 0.1) is 6.61 Å². The molecule has 0 aliphatic rings. The number of hydrogen-bond acceptors (Lipinski definition) is 4. The summed E-state index contributed by atoms with van der Waals surface area (Å²) in [6, 6.07) is 26.0. The second-order valence-electron chi connectivity index (χ2n) is 10.6. The summed E-state index contributed by atoms with van der Waals surface area (Å²) in [5, 5.41) is 10.9. The van der Waals surface area contributed by atoms with Crippen molar-refractivity contribution in [2.24, 2.45) is 5.73 Å². The van der Waals surface area contributed by atoms with Crippen molar-refractivity contribution in [1.82, 2.24) is 4.90 Å². The van der Waals surface area contributed by atoms with Crippen LogP contribution in [-0.2, 0) is 12.8 Å². The second kappa shape index (κ2) is 14.8. The van der Waals surface area contributed by atoms with Crippen LogP contribution < -0.4 is 10.5 Å². The fraction of sp³-hybridized carbons (Fsp3) is 0.455. The predicted octanol–water partition coefficient (Wildman–Crippen LogP) is 6.94. The largest absolute Gasteiger partial charge is 0.508 e. The van der Waals surface area contributed by atoms with Gasteiger partial charge < -0.3 is 15.6 Å². The van der Waals surface area contributed by atoms with E-state index >= 15 is 0 Å². The molecular weight excluding hydrogens is 456 g/mol. The quantitative estimate of drug-likeness (QED) is 0.221. The van der Waals surface area contributed by atoms with E-state index in [9.17, 15) is 5.11 Å². The lowest BCUT2D eigenvalue weighted by molar-refractivity contribution is 0.170. The minimum absolute atomic E-state index is 0.159. The zero-order valence-electron chi connectivity index (χ0n) is 23.2. The topological polar surface area (TPSA) is 58.7 Å². The predicted molar refractivity (Wildman–Crippen MR) is 156 cm³/mol. The summed E-state index contributed by atoms with van der Waals surface area (Å²) >= 11 is 0.